The monoisotopic (exact) mass is 388 g/mol. The van der Waals surface area contributed by atoms with Gasteiger partial charge in [-0.3, -0.25) is 0 Å². The number of aliphatic hydroxyl groups is 1. The molecule has 2 aromatic carbocycles. The lowest BCUT2D eigenvalue weighted by Crippen LogP contribution is -2.46. The number of benzene rings is 2. The number of rotatable bonds is 8. The maximum atomic E-state index is 10.2. The minimum atomic E-state index is -0.558. The van der Waals surface area contributed by atoms with Crippen LogP contribution in [0, 0.1) is 6.92 Å². The average molecular weight is 389 g/mol. The van der Waals surface area contributed by atoms with Crippen LogP contribution in [0.1, 0.15) is 25.0 Å². The second-order valence-electron chi connectivity index (χ2n) is 7.58. The molecule has 3 N–H and O–H groups in total. The molecule has 27 heavy (non-hydrogen) atoms. The Kier molecular flexibility index (Phi) is 7.31. The second-order valence-corrected chi connectivity index (χ2v) is 7.58. The first-order chi connectivity index (χ1) is 12.4. The number of aryl methyl sites for hydroxylation is 1. The lowest BCUT2D eigenvalue weighted by molar-refractivity contribution is 0.0988. The number of hydrogen-bond donors (Lipinski definition) is 3. The molecule has 1 heterocycles. The standard InChI is InChI=1S/C22H28N2O2.ClH/c1-16-7-6-8-19(11-16)26-15-18(25)14-24-22(2,3)12-17-13-23-21-10-5-4-9-20(17)21;/h4-11,13,18,23-25H,12,14-15H2,1-3H3;1H. The molecule has 0 aliphatic rings. The molecular formula is C22H29ClN2O2. The maximum Gasteiger partial charge on any atom is 0.119 e. The number of nitrogens with one attached hydrogen (secondary N) is 2. The molecule has 146 valence electrons. The number of ether oxygens (including phenoxy) is 1. The van der Waals surface area contributed by atoms with Crippen LogP contribution < -0.4 is 10.1 Å². The van der Waals surface area contributed by atoms with Crippen LogP contribution in [-0.4, -0.2) is 34.9 Å². The van der Waals surface area contributed by atoms with Gasteiger partial charge in [0.25, 0.3) is 0 Å². The summed E-state index contributed by atoms with van der Waals surface area (Å²) in [4.78, 5) is 3.32. The summed E-state index contributed by atoms with van der Waals surface area (Å²) in [5.74, 6) is 0.794. The third-order valence-corrected chi connectivity index (χ3v) is 4.56. The lowest BCUT2D eigenvalue weighted by Gasteiger charge is -2.28. The number of H-pyrrole nitrogens is 1. The highest BCUT2D eigenvalue weighted by atomic mass is 35.5. The van der Waals surface area contributed by atoms with Gasteiger partial charge in [-0.15, -0.1) is 12.4 Å². The molecule has 0 aliphatic heterocycles. The zero-order valence-electron chi connectivity index (χ0n) is 16.2. The summed E-state index contributed by atoms with van der Waals surface area (Å²) in [7, 11) is 0. The minimum Gasteiger partial charge on any atom is -0.491 e. The maximum absolute atomic E-state index is 10.2. The van der Waals surface area contributed by atoms with Gasteiger partial charge in [0.15, 0.2) is 0 Å². The highest BCUT2D eigenvalue weighted by Crippen LogP contribution is 2.22. The number of hydrogen-bond acceptors (Lipinski definition) is 3. The van der Waals surface area contributed by atoms with E-state index in [-0.39, 0.29) is 24.6 Å². The second kappa shape index (κ2) is 9.27. The van der Waals surface area contributed by atoms with Gasteiger partial charge in [0, 0.05) is 29.2 Å². The first-order valence-corrected chi connectivity index (χ1v) is 9.10. The lowest BCUT2D eigenvalue weighted by atomic mass is 9.94. The molecule has 1 unspecified atom stereocenters. The van der Waals surface area contributed by atoms with Crippen molar-refractivity contribution in [2.75, 3.05) is 13.2 Å². The number of aromatic amines is 1. The van der Waals surface area contributed by atoms with Gasteiger partial charge in [0.1, 0.15) is 18.5 Å². The van der Waals surface area contributed by atoms with E-state index >= 15 is 0 Å². The van der Waals surface area contributed by atoms with Crippen LogP contribution in [0.3, 0.4) is 0 Å². The Morgan fingerprint density at radius 3 is 2.70 bits per heavy atom. The molecule has 1 atom stereocenters. The summed E-state index contributed by atoms with van der Waals surface area (Å²) >= 11 is 0. The van der Waals surface area contributed by atoms with Crippen molar-refractivity contribution in [3.63, 3.8) is 0 Å². The highest BCUT2D eigenvalue weighted by Gasteiger charge is 2.21. The van der Waals surface area contributed by atoms with E-state index in [0.29, 0.717) is 6.54 Å². The fraction of sp³-hybridized carbons (Fsp3) is 0.364. The van der Waals surface area contributed by atoms with Gasteiger partial charge in [0.05, 0.1) is 0 Å². The molecule has 1 aromatic heterocycles. The van der Waals surface area contributed by atoms with Crippen LogP contribution in [0.5, 0.6) is 5.75 Å². The van der Waals surface area contributed by atoms with E-state index in [1.807, 2.05) is 37.3 Å². The number of fused-ring (bicyclic) bond motifs is 1. The van der Waals surface area contributed by atoms with Gasteiger partial charge in [0.2, 0.25) is 0 Å². The van der Waals surface area contributed by atoms with Crippen LogP contribution >= 0.6 is 12.4 Å². The molecule has 0 aliphatic carbocycles. The number of halogens is 1. The molecule has 0 fully saturated rings. The Bertz CT molecular complexity index is 860. The average Bonchev–Trinajstić information content (AvgIpc) is 3.01. The van der Waals surface area contributed by atoms with E-state index in [9.17, 15) is 5.11 Å². The van der Waals surface area contributed by atoms with Crippen molar-refractivity contribution >= 4 is 23.3 Å². The van der Waals surface area contributed by atoms with Crippen molar-refractivity contribution in [2.45, 2.75) is 38.8 Å². The number of para-hydroxylation sites is 1. The normalized spacial score (nSPS) is 12.6. The predicted molar refractivity (Wildman–Crippen MR) is 114 cm³/mol. The fourth-order valence-electron chi connectivity index (χ4n) is 3.17. The Balaban J connectivity index is 0.00000261. The summed E-state index contributed by atoms with van der Waals surface area (Å²) in [6, 6.07) is 16.2. The first kappa shape index (κ1) is 21.3. The molecule has 0 saturated carbocycles. The van der Waals surface area contributed by atoms with E-state index in [1.165, 1.54) is 10.9 Å². The summed E-state index contributed by atoms with van der Waals surface area (Å²) in [5, 5.41) is 15.0. The Labute approximate surface area is 167 Å². The molecule has 0 radical (unpaired) electrons. The molecular weight excluding hydrogens is 360 g/mol. The van der Waals surface area contributed by atoms with Crippen molar-refractivity contribution in [3.8, 4) is 5.75 Å². The van der Waals surface area contributed by atoms with Crippen molar-refractivity contribution in [1.82, 2.24) is 10.3 Å². The minimum absolute atomic E-state index is 0. The summed E-state index contributed by atoms with van der Waals surface area (Å²) < 4.78 is 5.68. The molecule has 0 saturated heterocycles. The zero-order valence-corrected chi connectivity index (χ0v) is 17.0. The summed E-state index contributed by atoms with van der Waals surface area (Å²) in [6.45, 7) is 7.10. The Morgan fingerprint density at radius 1 is 1.15 bits per heavy atom. The smallest absolute Gasteiger partial charge is 0.119 e. The third-order valence-electron chi connectivity index (χ3n) is 4.56. The van der Waals surface area contributed by atoms with Crippen LogP contribution in [0.4, 0.5) is 0 Å². The highest BCUT2D eigenvalue weighted by molar-refractivity contribution is 5.85. The SMILES string of the molecule is Cc1cccc(OCC(O)CNC(C)(C)Cc2c[nH]c3ccccc23)c1.Cl. The summed E-state index contributed by atoms with van der Waals surface area (Å²) in [6.07, 6.45) is 2.39. The predicted octanol–water partition coefficient (Wildman–Crippen LogP) is 4.25. The van der Waals surface area contributed by atoms with Crippen LogP contribution in [-0.2, 0) is 6.42 Å². The van der Waals surface area contributed by atoms with E-state index in [0.717, 1.165) is 23.3 Å². The van der Waals surface area contributed by atoms with Crippen LogP contribution in [0.15, 0.2) is 54.7 Å². The van der Waals surface area contributed by atoms with Crippen LogP contribution in [0.2, 0.25) is 0 Å². The van der Waals surface area contributed by atoms with Gasteiger partial charge >= 0.3 is 0 Å². The van der Waals surface area contributed by atoms with Crippen molar-refractivity contribution < 1.29 is 9.84 Å². The fourth-order valence-corrected chi connectivity index (χ4v) is 3.17. The quantitative estimate of drug-likeness (QED) is 0.540. The van der Waals surface area contributed by atoms with Crippen LogP contribution in [0.25, 0.3) is 10.9 Å². The molecule has 0 amide bonds. The topological polar surface area (TPSA) is 57.3 Å². The molecule has 5 heteroatoms. The largest absolute Gasteiger partial charge is 0.491 e. The van der Waals surface area contributed by atoms with Gasteiger partial charge in [-0.2, -0.15) is 0 Å². The Morgan fingerprint density at radius 2 is 1.93 bits per heavy atom. The van der Waals surface area contributed by atoms with E-state index in [2.05, 4.69) is 48.5 Å². The number of aromatic nitrogens is 1. The third kappa shape index (κ3) is 5.99. The Hall–Kier alpha value is -2.01. The molecule has 4 nitrogen and oxygen atoms in total. The molecule has 0 bridgehead atoms. The molecule has 3 aromatic rings. The number of β-amino-alcohol motifs (C(OH)–C–C–N with tert-alkyl or cyclic N) is 1. The van der Waals surface area contributed by atoms with Crippen molar-refractivity contribution in [3.05, 3.63) is 65.9 Å². The van der Waals surface area contributed by atoms with Crippen molar-refractivity contribution in [2.24, 2.45) is 0 Å². The first-order valence-electron chi connectivity index (χ1n) is 9.10. The number of aliphatic hydroxyl groups excluding tert-OH is 1. The summed E-state index contributed by atoms with van der Waals surface area (Å²) in [5.41, 5.74) is 3.46. The van der Waals surface area contributed by atoms with Crippen molar-refractivity contribution in [1.29, 1.82) is 0 Å². The van der Waals surface area contributed by atoms with Gasteiger partial charge in [-0.25, -0.2) is 0 Å². The van der Waals surface area contributed by atoms with Gasteiger partial charge in [-0.05, 0) is 56.5 Å². The van der Waals surface area contributed by atoms with Gasteiger partial charge in [-0.1, -0.05) is 30.3 Å². The van der Waals surface area contributed by atoms with Gasteiger partial charge < -0.3 is 20.1 Å². The zero-order chi connectivity index (χ0) is 18.6. The van der Waals surface area contributed by atoms with E-state index in [1.54, 1.807) is 0 Å². The molecule has 0 spiro atoms. The van der Waals surface area contributed by atoms with E-state index in [4.69, 9.17) is 4.74 Å². The molecule has 3 rings (SSSR count). The van der Waals surface area contributed by atoms with E-state index < -0.39 is 6.10 Å².